The van der Waals surface area contributed by atoms with Gasteiger partial charge < -0.3 is 10.6 Å². The second-order valence-corrected chi connectivity index (χ2v) is 4.98. The highest BCUT2D eigenvalue weighted by Gasteiger charge is 2.41. The molecule has 4 heteroatoms. The Morgan fingerprint density at radius 1 is 1.25 bits per heavy atom. The third-order valence-corrected chi connectivity index (χ3v) is 3.42. The van der Waals surface area contributed by atoms with Gasteiger partial charge in [0.25, 0.3) is 0 Å². The Morgan fingerprint density at radius 2 is 1.81 bits per heavy atom. The number of hydrogen-bond donors (Lipinski definition) is 2. The maximum atomic E-state index is 11.7. The van der Waals surface area contributed by atoms with E-state index in [0.717, 1.165) is 24.8 Å². The number of rotatable bonds is 7. The zero-order valence-corrected chi connectivity index (χ0v) is 10.8. The van der Waals surface area contributed by atoms with Crippen molar-refractivity contribution < 1.29 is 4.79 Å². The molecule has 2 saturated carbocycles. The minimum absolute atomic E-state index is 0. The van der Waals surface area contributed by atoms with Crippen molar-refractivity contribution in [2.45, 2.75) is 44.6 Å². The van der Waals surface area contributed by atoms with Crippen molar-refractivity contribution in [2.24, 2.45) is 11.8 Å². The standard InChI is InChI=1S/C12H22N2O.ClH/c1-13-8-2-3-11(15)14-12(9-4-5-9)10-6-7-10;/h9-10,12-13H,2-8H2,1H3,(H,14,15);1H. The summed E-state index contributed by atoms with van der Waals surface area (Å²) >= 11 is 0. The van der Waals surface area contributed by atoms with Crippen LogP contribution in [0.2, 0.25) is 0 Å². The molecule has 0 bridgehead atoms. The van der Waals surface area contributed by atoms with Gasteiger partial charge in [0.05, 0.1) is 0 Å². The summed E-state index contributed by atoms with van der Waals surface area (Å²) < 4.78 is 0. The summed E-state index contributed by atoms with van der Waals surface area (Å²) in [6.07, 6.45) is 6.95. The highest BCUT2D eigenvalue weighted by atomic mass is 35.5. The Labute approximate surface area is 104 Å². The van der Waals surface area contributed by atoms with Gasteiger partial charge in [-0.05, 0) is 57.5 Å². The van der Waals surface area contributed by atoms with Gasteiger partial charge in [-0.2, -0.15) is 0 Å². The molecule has 0 aromatic rings. The van der Waals surface area contributed by atoms with Crippen LogP contribution in [0.4, 0.5) is 0 Å². The van der Waals surface area contributed by atoms with Crippen molar-refractivity contribution in [3.8, 4) is 0 Å². The van der Waals surface area contributed by atoms with Gasteiger partial charge in [0.15, 0.2) is 0 Å². The smallest absolute Gasteiger partial charge is 0.220 e. The van der Waals surface area contributed by atoms with Crippen LogP contribution in [0.15, 0.2) is 0 Å². The van der Waals surface area contributed by atoms with E-state index in [2.05, 4.69) is 10.6 Å². The lowest BCUT2D eigenvalue weighted by molar-refractivity contribution is -0.122. The van der Waals surface area contributed by atoms with Crippen LogP contribution in [0.25, 0.3) is 0 Å². The molecule has 0 atom stereocenters. The van der Waals surface area contributed by atoms with Crippen molar-refractivity contribution in [1.82, 2.24) is 10.6 Å². The molecule has 2 aliphatic carbocycles. The summed E-state index contributed by atoms with van der Waals surface area (Å²) in [5, 5.41) is 6.30. The van der Waals surface area contributed by atoms with E-state index in [1.54, 1.807) is 0 Å². The summed E-state index contributed by atoms with van der Waals surface area (Å²) in [5.74, 6) is 1.88. The zero-order chi connectivity index (χ0) is 10.7. The third kappa shape index (κ3) is 4.30. The van der Waals surface area contributed by atoms with Crippen LogP contribution in [-0.2, 0) is 4.79 Å². The second-order valence-electron chi connectivity index (χ2n) is 4.98. The molecule has 0 aromatic heterocycles. The van der Waals surface area contributed by atoms with E-state index in [0.29, 0.717) is 12.5 Å². The molecule has 0 unspecified atom stereocenters. The molecular weight excluding hydrogens is 224 g/mol. The number of carbonyl (C=O) groups is 1. The van der Waals surface area contributed by atoms with Crippen molar-refractivity contribution in [3.05, 3.63) is 0 Å². The topological polar surface area (TPSA) is 41.1 Å². The molecule has 0 aliphatic heterocycles. The first-order chi connectivity index (χ1) is 7.31. The molecule has 2 N–H and O–H groups in total. The van der Waals surface area contributed by atoms with E-state index in [-0.39, 0.29) is 18.3 Å². The van der Waals surface area contributed by atoms with Crippen molar-refractivity contribution in [2.75, 3.05) is 13.6 Å². The Bertz CT molecular complexity index is 215. The zero-order valence-electron chi connectivity index (χ0n) is 10.00. The maximum absolute atomic E-state index is 11.7. The highest BCUT2D eigenvalue weighted by Crippen LogP contribution is 2.44. The van der Waals surface area contributed by atoms with Crippen molar-refractivity contribution in [3.63, 3.8) is 0 Å². The Morgan fingerprint density at radius 3 is 2.25 bits per heavy atom. The van der Waals surface area contributed by atoms with Crippen LogP contribution in [0.5, 0.6) is 0 Å². The fourth-order valence-electron chi connectivity index (χ4n) is 2.22. The molecule has 0 saturated heterocycles. The van der Waals surface area contributed by atoms with Gasteiger partial charge in [-0.1, -0.05) is 0 Å². The predicted octanol–water partition coefficient (Wildman–Crippen LogP) is 1.71. The molecule has 2 rings (SSSR count). The first-order valence-electron chi connectivity index (χ1n) is 6.25. The normalized spacial score (nSPS) is 19.4. The average Bonchev–Trinajstić information content (AvgIpc) is 3.05. The SMILES string of the molecule is CNCCCC(=O)NC(C1CC1)C1CC1.Cl. The molecule has 0 radical (unpaired) electrons. The minimum Gasteiger partial charge on any atom is -0.353 e. The van der Waals surface area contributed by atoms with Crippen LogP contribution >= 0.6 is 12.4 Å². The third-order valence-electron chi connectivity index (χ3n) is 3.42. The monoisotopic (exact) mass is 246 g/mol. The molecular formula is C12H23ClN2O. The van der Waals surface area contributed by atoms with E-state index in [1.807, 2.05) is 7.05 Å². The van der Waals surface area contributed by atoms with E-state index in [9.17, 15) is 4.79 Å². The highest BCUT2D eigenvalue weighted by molar-refractivity contribution is 5.85. The van der Waals surface area contributed by atoms with Gasteiger partial charge in [-0.3, -0.25) is 4.79 Å². The fraction of sp³-hybridized carbons (Fsp3) is 0.917. The van der Waals surface area contributed by atoms with E-state index in [4.69, 9.17) is 0 Å². The number of carbonyl (C=O) groups excluding carboxylic acids is 1. The molecule has 1 amide bonds. The molecule has 94 valence electrons. The van der Waals surface area contributed by atoms with Gasteiger partial charge in [0.2, 0.25) is 5.91 Å². The van der Waals surface area contributed by atoms with E-state index >= 15 is 0 Å². The van der Waals surface area contributed by atoms with E-state index in [1.165, 1.54) is 25.7 Å². The minimum atomic E-state index is 0. The summed E-state index contributed by atoms with van der Waals surface area (Å²) in [4.78, 5) is 11.7. The quantitative estimate of drug-likeness (QED) is 0.672. The lowest BCUT2D eigenvalue weighted by Gasteiger charge is -2.17. The number of halogens is 1. The molecule has 3 nitrogen and oxygen atoms in total. The first kappa shape index (κ1) is 13.8. The Hall–Kier alpha value is -0.280. The summed E-state index contributed by atoms with van der Waals surface area (Å²) in [6.45, 7) is 0.935. The van der Waals surface area contributed by atoms with Gasteiger partial charge in [0.1, 0.15) is 0 Å². The second kappa shape index (κ2) is 6.45. The molecule has 2 fully saturated rings. The average molecular weight is 247 g/mol. The lowest BCUT2D eigenvalue weighted by atomic mass is 10.1. The van der Waals surface area contributed by atoms with Crippen LogP contribution in [0, 0.1) is 11.8 Å². The predicted molar refractivity (Wildman–Crippen MR) is 67.8 cm³/mol. The number of nitrogens with one attached hydrogen (secondary N) is 2. The molecule has 0 aromatic carbocycles. The van der Waals surface area contributed by atoms with Gasteiger partial charge in [-0.15, -0.1) is 12.4 Å². The van der Waals surface area contributed by atoms with Crippen LogP contribution in [0.3, 0.4) is 0 Å². The fourth-order valence-corrected chi connectivity index (χ4v) is 2.22. The molecule has 16 heavy (non-hydrogen) atoms. The largest absolute Gasteiger partial charge is 0.353 e. The van der Waals surface area contributed by atoms with Crippen LogP contribution < -0.4 is 10.6 Å². The Balaban J connectivity index is 0.00000128. The van der Waals surface area contributed by atoms with Gasteiger partial charge in [0, 0.05) is 12.5 Å². The van der Waals surface area contributed by atoms with Crippen LogP contribution in [-0.4, -0.2) is 25.5 Å². The van der Waals surface area contributed by atoms with Crippen LogP contribution in [0.1, 0.15) is 38.5 Å². The van der Waals surface area contributed by atoms with Gasteiger partial charge >= 0.3 is 0 Å². The Kier molecular flexibility index (Phi) is 5.56. The van der Waals surface area contributed by atoms with Crippen molar-refractivity contribution in [1.29, 1.82) is 0 Å². The lowest BCUT2D eigenvalue weighted by Crippen LogP contribution is -2.38. The summed E-state index contributed by atoms with van der Waals surface area (Å²) in [7, 11) is 1.93. The van der Waals surface area contributed by atoms with Gasteiger partial charge in [-0.25, -0.2) is 0 Å². The molecule has 0 heterocycles. The first-order valence-corrected chi connectivity index (χ1v) is 6.25. The van der Waals surface area contributed by atoms with E-state index < -0.39 is 0 Å². The summed E-state index contributed by atoms with van der Waals surface area (Å²) in [5.41, 5.74) is 0. The number of hydrogen-bond acceptors (Lipinski definition) is 2. The van der Waals surface area contributed by atoms with Crippen molar-refractivity contribution >= 4 is 18.3 Å². The molecule has 2 aliphatic rings. The summed E-state index contributed by atoms with van der Waals surface area (Å²) in [6, 6.07) is 0.520. The number of amides is 1. The molecule has 0 spiro atoms. The maximum Gasteiger partial charge on any atom is 0.220 e.